The highest BCUT2D eigenvalue weighted by Gasteiger charge is 2.33. The van der Waals surface area contributed by atoms with Crippen LogP contribution in [0.4, 0.5) is 4.79 Å². The fourth-order valence-electron chi connectivity index (χ4n) is 3.43. The Kier molecular flexibility index (Phi) is 5.47. The van der Waals surface area contributed by atoms with Crippen LogP contribution in [0.2, 0.25) is 0 Å². The van der Waals surface area contributed by atoms with Crippen molar-refractivity contribution in [1.29, 1.82) is 0 Å². The second-order valence-corrected chi connectivity index (χ2v) is 10.4. The SMILES string of the molecule is C[C@H]1CC(NCC2CCCN2C(=O)OC(C)(C)C)c2ccsc2S1. The van der Waals surface area contributed by atoms with Gasteiger partial charge in [0.05, 0.1) is 4.21 Å². The monoisotopic (exact) mass is 368 g/mol. The van der Waals surface area contributed by atoms with Gasteiger partial charge >= 0.3 is 6.09 Å². The summed E-state index contributed by atoms with van der Waals surface area (Å²) in [6.45, 7) is 9.72. The highest BCUT2D eigenvalue weighted by molar-refractivity contribution is 8.01. The summed E-state index contributed by atoms with van der Waals surface area (Å²) in [6, 6.07) is 2.90. The Hall–Kier alpha value is -0.720. The van der Waals surface area contributed by atoms with E-state index in [0.29, 0.717) is 11.3 Å². The second kappa shape index (κ2) is 7.26. The first-order valence-electron chi connectivity index (χ1n) is 8.80. The van der Waals surface area contributed by atoms with E-state index in [-0.39, 0.29) is 12.1 Å². The number of likely N-dealkylation sites (tertiary alicyclic amines) is 1. The molecule has 1 amide bonds. The van der Waals surface area contributed by atoms with Crippen molar-refractivity contribution in [2.45, 2.75) is 74.1 Å². The highest BCUT2D eigenvalue weighted by Crippen LogP contribution is 2.43. The standard InChI is InChI=1S/C18H28N2O2S2/c1-12-10-15(14-7-9-23-16(14)24-12)19-11-13-6-5-8-20(13)17(21)22-18(2,3)4/h7,9,12-13,15,19H,5-6,8,10-11H2,1-4H3/t12-,13?,15?/m0/s1. The predicted octanol–water partition coefficient (Wildman–Crippen LogP) is 4.66. The third kappa shape index (κ3) is 4.27. The van der Waals surface area contributed by atoms with Crippen LogP contribution in [0.1, 0.15) is 58.6 Å². The lowest BCUT2D eigenvalue weighted by Gasteiger charge is -2.32. The minimum Gasteiger partial charge on any atom is -0.444 e. The lowest BCUT2D eigenvalue weighted by molar-refractivity contribution is 0.0224. The van der Waals surface area contributed by atoms with Crippen molar-refractivity contribution in [3.05, 3.63) is 17.0 Å². The van der Waals surface area contributed by atoms with Crippen LogP contribution in [-0.4, -0.2) is 41.0 Å². The van der Waals surface area contributed by atoms with Crippen molar-refractivity contribution in [1.82, 2.24) is 10.2 Å². The van der Waals surface area contributed by atoms with Gasteiger partial charge in [0.25, 0.3) is 0 Å². The zero-order valence-electron chi connectivity index (χ0n) is 15.0. The van der Waals surface area contributed by atoms with E-state index in [0.717, 1.165) is 32.4 Å². The molecule has 3 heterocycles. The van der Waals surface area contributed by atoms with Crippen molar-refractivity contribution in [3.8, 4) is 0 Å². The molecule has 0 bridgehead atoms. The zero-order chi connectivity index (χ0) is 17.3. The van der Waals surface area contributed by atoms with Gasteiger partial charge in [-0.2, -0.15) is 0 Å². The number of thiophene rings is 1. The van der Waals surface area contributed by atoms with E-state index in [2.05, 4.69) is 23.7 Å². The molecule has 2 aliphatic rings. The smallest absolute Gasteiger partial charge is 0.410 e. The van der Waals surface area contributed by atoms with Gasteiger partial charge in [0, 0.05) is 30.4 Å². The summed E-state index contributed by atoms with van der Waals surface area (Å²) in [6.07, 6.45) is 3.09. The van der Waals surface area contributed by atoms with Crippen molar-refractivity contribution in [2.75, 3.05) is 13.1 Å². The molecular weight excluding hydrogens is 340 g/mol. The van der Waals surface area contributed by atoms with E-state index in [1.54, 1.807) is 0 Å². The summed E-state index contributed by atoms with van der Waals surface area (Å²) in [5.41, 5.74) is 1.00. The van der Waals surface area contributed by atoms with E-state index < -0.39 is 5.60 Å². The fourth-order valence-corrected chi connectivity index (χ4v) is 6.00. The lowest BCUT2D eigenvalue weighted by Crippen LogP contribution is -2.45. The van der Waals surface area contributed by atoms with Crippen LogP contribution in [0.15, 0.2) is 15.7 Å². The first kappa shape index (κ1) is 18.1. The van der Waals surface area contributed by atoms with E-state index in [4.69, 9.17) is 4.74 Å². The molecule has 6 heteroatoms. The number of fused-ring (bicyclic) bond motifs is 1. The van der Waals surface area contributed by atoms with Crippen molar-refractivity contribution in [3.63, 3.8) is 0 Å². The summed E-state index contributed by atoms with van der Waals surface area (Å²) in [5.74, 6) is 0. The van der Waals surface area contributed by atoms with Crippen LogP contribution in [0.25, 0.3) is 0 Å². The molecule has 0 aromatic carbocycles. The molecule has 2 unspecified atom stereocenters. The fraction of sp³-hybridized carbons (Fsp3) is 0.722. The first-order valence-corrected chi connectivity index (χ1v) is 10.6. The molecule has 1 N–H and O–H groups in total. The molecule has 24 heavy (non-hydrogen) atoms. The van der Waals surface area contributed by atoms with E-state index in [9.17, 15) is 4.79 Å². The lowest BCUT2D eigenvalue weighted by atomic mass is 10.0. The molecular formula is C18H28N2O2S2. The molecule has 1 fully saturated rings. The number of rotatable bonds is 3. The average Bonchev–Trinajstić information content (AvgIpc) is 3.11. The molecule has 0 aliphatic carbocycles. The summed E-state index contributed by atoms with van der Waals surface area (Å²) in [4.78, 5) is 14.3. The molecule has 1 saturated heterocycles. The van der Waals surface area contributed by atoms with Crippen LogP contribution in [0.3, 0.4) is 0 Å². The summed E-state index contributed by atoms with van der Waals surface area (Å²) in [7, 11) is 0. The number of thioether (sulfide) groups is 1. The minimum atomic E-state index is -0.431. The molecule has 134 valence electrons. The van der Waals surface area contributed by atoms with Crippen LogP contribution in [-0.2, 0) is 4.74 Å². The van der Waals surface area contributed by atoms with Gasteiger partial charge in [0.1, 0.15) is 5.60 Å². The third-order valence-corrected chi connectivity index (χ3v) is 6.86. The molecule has 0 radical (unpaired) electrons. The van der Waals surface area contributed by atoms with Crippen LogP contribution in [0.5, 0.6) is 0 Å². The Labute approximate surface area is 153 Å². The number of hydrogen-bond donors (Lipinski definition) is 1. The Morgan fingerprint density at radius 1 is 1.46 bits per heavy atom. The van der Waals surface area contributed by atoms with E-state index in [1.807, 2.05) is 48.8 Å². The van der Waals surface area contributed by atoms with E-state index in [1.165, 1.54) is 9.77 Å². The van der Waals surface area contributed by atoms with Gasteiger partial charge in [0.2, 0.25) is 0 Å². The van der Waals surface area contributed by atoms with Crippen LogP contribution in [0, 0.1) is 0 Å². The number of hydrogen-bond acceptors (Lipinski definition) is 5. The maximum absolute atomic E-state index is 12.4. The van der Waals surface area contributed by atoms with Crippen LogP contribution < -0.4 is 5.32 Å². The molecule has 3 rings (SSSR count). The number of amides is 1. The number of nitrogens with zero attached hydrogens (tertiary/aromatic N) is 1. The van der Waals surface area contributed by atoms with E-state index >= 15 is 0 Å². The van der Waals surface area contributed by atoms with Gasteiger partial charge in [-0.1, -0.05) is 6.92 Å². The van der Waals surface area contributed by atoms with Gasteiger partial charge in [-0.15, -0.1) is 23.1 Å². The molecule has 0 saturated carbocycles. The summed E-state index contributed by atoms with van der Waals surface area (Å²) < 4.78 is 7.01. The molecule has 1 aromatic rings. The maximum Gasteiger partial charge on any atom is 0.410 e. The van der Waals surface area contributed by atoms with Gasteiger partial charge in [-0.25, -0.2) is 4.79 Å². The molecule has 0 spiro atoms. The molecule has 4 nitrogen and oxygen atoms in total. The van der Waals surface area contributed by atoms with Gasteiger partial charge in [-0.3, -0.25) is 0 Å². The molecule has 2 aliphatic heterocycles. The van der Waals surface area contributed by atoms with Crippen molar-refractivity contribution in [2.24, 2.45) is 0 Å². The highest BCUT2D eigenvalue weighted by atomic mass is 32.2. The normalized spacial score (nSPS) is 27.2. The molecule has 1 aromatic heterocycles. The largest absolute Gasteiger partial charge is 0.444 e. The van der Waals surface area contributed by atoms with Crippen molar-refractivity contribution < 1.29 is 9.53 Å². The van der Waals surface area contributed by atoms with Gasteiger partial charge < -0.3 is 15.0 Å². The van der Waals surface area contributed by atoms with Crippen LogP contribution >= 0.6 is 23.1 Å². The second-order valence-electron chi connectivity index (χ2n) is 7.76. The predicted molar refractivity (Wildman–Crippen MR) is 101 cm³/mol. The van der Waals surface area contributed by atoms with Gasteiger partial charge in [0.15, 0.2) is 0 Å². The number of ether oxygens (including phenoxy) is 1. The first-order chi connectivity index (χ1) is 11.3. The maximum atomic E-state index is 12.4. The zero-order valence-corrected chi connectivity index (χ0v) is 16.6. The number of nitrogens with one attached hydrogen (secondary N) is 1. The Bertz CT molecular complexity index is 582. The third-order valence-electron chi connectivity index (χ3n) is 4.51. The topological polar surface area (TPSA) is 41.6 Å². The summed E-state index contributed by atoms with van der Waals surface area (Å²) >= 11 is 3.83. The Morgan fingerprint density at radius 2 is 2.25 bits per heavy atom. The minimum absolute atomic E-state index is 0.171. The Morgan fingerprint density at radius 3 is 3.00 bits per heavy atom. The van der Waals surface area contributed by atoms with Crippen molar-refractivity contribution >= 4 is 29.2 Å². The summed E-state index contributed by atoms with van der Waals surface area (Å²) in [5, 5.41) is 6.55. The van der Waals surface area contributed by atoms with Gasteiger partial charge in [-0.05, 0) is 57.0 Å². The Balaban J connectivity index is 1.59. The molecule has 3 atom stereocenters. The quantitative estimate of drug-likeness (QED) is 0.842. The average molecular weight is 369 g/mol. The number of carbonyl (C=O) groups excluding carboxylic acids is 1. The number of carbonyl (C=O) groups is 1.